The van der Waals surface area contributed by atoms with E-state index in [1.54, 1.807) is 23.3 Å². The maximum Gasteiger partial charge on any atom is 0.154 e. The number of halogens is 1. The van der Waals surface area contributed by atoms with Crippen LogP contribution in [0.15, 0.2) is 49.1 Å². The molecule has 1 N–H and O–H groups in total. The summed E-state index contributed by atoms with van der Waals surface area (Å²) in [5.41, 5.74) is 4.42. The second-order valence-corrected chi connectivity index (χ2v) is 9.17. The van der Waals surface area contributed by atoms with Crippen LogP contribution in [0.3, 0.4) is 0 Å². The van der Waals surface area contributed by atoms with E-state index in [9.17, 15) is 4.39 Å². The first-order chi connectivity index (χ1) is 16.5. The van der Waals surface area contributed by atoms with Crippen LogP contribution in [0.5, 0.6) is 0 Å². The van der Waals surface area contributed by atoms with Crippen molar-refractivity contribution in [2.45, 2.75) is 45.3 Å². The maximum absolute atomic E-state index is 14.5. The zero-order valence-corrected chi connectivity index (χ0v) is 19.5. The summed E-state index contributed by atoms with van der Waals surface area (Å²) in [4.78, 5) is 11.4. The van der Waals surface area contributed by atoms with Crippen LogP contribution in [0.1, 0.15) is 38.2 Å². The van der Waals surface area contributed by atoms with Crippen LogP contribution in [0.2, 0.25) is 0 Å². The summed E-state index contributed by atoms with van der Waals surface area (Å²) in [6.45, 7) is 6.94. The van der Waals surface area contributed by atoms with Gasteiger partial charge in [0.1, 0.15) is 12.0 Å². The molecule has 1 aliphatic heterocycles. The molecule has 1 unspecified atom stereocenters. The summed E-state index contributed by atoms with van der Waals surface area (Å²) < 4.78 is 16.2. The van der Waals surface area contributed by atoms with Gasteiger partial charge in [-0.1, -0.05) is 13.8 Å². The Balaban J connectivity index is 1.31. The van der Waals surface area contributed by atoms with Crippen LogP contribution in [0.4, 0.5) is 16.0 Å². The normalized spacial score (nSPS) is 15.3. The molecule has 1 atom stereocenters. The molecule has 0 spiro atoms. The van der Waals surface area contributed by atoms with Crippen LogP contribution in [0, 0.1) is 0 Å². The predicted octanol–water partition coefficient (Wildman–Crippen LogP) is 4.58. The van der Waals surface area contributed by atoms with Crippen LogP contribution in [-0.4, -0.2) is 60.7 Å². The average Bonchev–Trinajstić information content (AvgIpc) is 3.51. The molecule has 0 bridgehead atoms. The second kappa shape index (κ2) is 9.80. The Bertz CT molecular complexity index is 1260. The van der Waals surface area contributed by atoms with Gasteiger partial charge in [-0.2, -0.15) is 10.2 Å². The second-order valence-electron chi connectivity index (χ2n) is 9.17. The Labute approximate surface area is 198 Å². The minimum absolute atomic E-state index is 0.250. The lowest BCUT2D eigenvalue weighted by Gasteiger charge is -2.17. The van der Waals surface area contributed by atoms with Gasteiger partial charge in [0.05, 0.1) is 30.0 Å². The largest absolute Gasteiger partial charge is 0.323 e. The lowest BCUT2D eigenvalue weighted by atomic mass is 10.1. The molecule has 1 aliphatic rings. The topological polar surface area (TPSA) is 84.7 Å². The van der Waals surface area contributed by atoms with Crippen molar-refractivity contribution in [3.63, 3.8) is 0 Å². The minimum Gasteiger partial charge on any atom is -0.323 e. The standard InChI is InChI=1S/C25H29FN8/c1-17(2)18-10-25(32-28-12-18)31-24-6-5-22-23(30-24)9-19(11-27-22)20-13-29-34(14-20)16-21(26)15-33-7-3-4-8-33/h5-6,9-14,17,21H,3-4,7-8,15-16H2,1-2H3,(H,30,31,32). The molecule has 4 aromatic heterocycles. The summed E-state index contributed by atoms with van der Waals surface area (Å²) in [5, 5.41) is 15.8. The van der Waals surface area contributed by atoms with E-state index in [-0.39, 0.29) is 6.54 Å². The van der Waals surface area contributed by atoms with E-state index in [1.807, 2.05) is 30.5 Å². The molecular weight excluding hydrogens is 431 g/mol. The number of nitrogens with one attached hydrogen (secondary N) is 1. The van der Waals surface area contributed by atoms with Crippen molar-refractivity contribution in [3.05, 3.63) is 54.6 Å². The summed E-state index contributed by atoms with van der Waals surface area (Å²) >= 11 is 0. The molecular formula is C25H29FN8. The van der Waals surface area contributed by atoms with Gasteiger partial charge in [0, 0.05) is 30.1 Å². The fourth-order valence-corrected chi connectivity index (χ4v) is 4.24. The number of aromatic nitrogens is 6. The Morgan fingerprint density at radius 1 is 0.971 bits per heavy atom. The van der Waals surface area contributed by atoms with Crippen molar-refractivity contribution >= 4 is 22.7 Å². The van der Waals surface area contributed by atoms with Crippen LogP contribution < -0.4 is 5.32 Å². The first kappa shape index (κ1) is 22.3. The third kappa shape index (κ3) is 5.20. The molecule has 176 valence electrons. The van der Waals surface area contributed by atoms with Crippen LogP contribution in [-0.2, 0) is 6.54 Å². The van der Waals surface area contributed by atoms with Gasteiger partial charge in [-0.15, -0.1) is 5.10 Å². The maximum atomic E-state index is 14.5. The van der Waals surface area contributed by atoms with Crippen LogP contribution in [0.25, 0.3) is 22.2 Å². The molecule has 0 radical (unpaired) electrons. The summed E-state index contributed by atoms with van der Waals surface area (Å²) in [6.07, 6.45) is 8.58. The molecule has 1 fully saturated rings. The van der Waals surface area contributed by atoms with Gasteiger partial charge in [0.15, 0.2) is 5.82 Å². The fourth-order valence-electron chi connectivity index (χ4n) is 4.24. The van der Waals surface area contributed by atoms with Crippen molar-refractivity contribution in [2.24, 2.45) is 0 Å². The number of rotatable bonds is 8. The number of likely N-dealkylation sites (tertiary alicyclic amines) is 1. The zero-order valence-electron chi connectivity index (χ0n) is 19.5. The molecule has 0 amide bonds. The molecule has 8 nitrogen and oxygen atoms in total. The van der Waals surface area contributed by atoms with E-state index < -0.39 is 6.17 Å². The SMILES string of the molecule is CC(C)c1cnnc(Nc2ccc3ncc(-c4cnn(CC(F)CN5CCCC5)c4)cc3n2)c1. The number of fused-ring (bicyclic) bond motifs is 1. The molecule has 5 heterocycles. The summed E-state index contributed by atoms with van der Waals surface area (Å²) in [6, 6.07) is 7.75. The van der Waals surface area contributed by atoms with Gasteiger partial charge >= 0.3 is 0 Å². The highest BCUT2D eigenvalue weighted by Crippen LogP contribution is 2.24. The first-order valence-electron chi connectivity index (χ1n) is 11.8. The highest BCUT2D eigenvalue weighted by Gasteiger charge is 2.18. The Morgan fingerprint density at radius 2 is 1.82 bits per heavy atom. The Kier molecular flexibility index (Phi) is 6.44. The lowest BCUT2D eigenvalue weighted by molar-refractivity contribution is 0.197. The minimum atomic E-state index is -0.937. The molecule has 0 aromatic carbocycles. The van der Waals surface area contributed by atoms with E-state index in [0.29, 0.717) is 24.1 Å². The molecule has 5 rings (SSSR count). The molecule has 0 saturated carbocycles. The van der Waals surface area contributed by atoms with Crippen molar-refractivity contribution < 1.29 is 4.39 Å². The molecule has 0 aliphatic carbocycles. The van der Waals surface area contributed by atoms with E-state index in [1.165, 1.54) is 0 Å². The highest BCUT2D eigenvalue weighted by molar-refractivity contribution is 5.81. The van der Waals surface area contributed by atoms with Crippen molar-refractivity contribution in [1.82, 2.24) is 34.8 Å². The molecule has 34 heavy (non-hydrogen) atoms. The summed E-state index contributed by atoms with van der Waals surface area (Å²) in [5.74, 6) is 1.68. The number of hydrogen-bond acceptors (Lipinski definition) is 7. The van der Waals surface area contributed by atoms with Gasteiger partial charge in [0.2, 0.25) is 0 Å². The van der Waals surface area contributed by atoms with Crippen molar-refractivity contribution in [2.75, 3.05) is 25.0 Å². The third-order valence-corrected chi connectivity index (χ3v) is 6.14. The third-order valence-electron chi connectivity index (χ3n) is 6.14. The highest BCUT2D eigenvalue weighted by atomic mass is 19.1. The van der Waals surface area contributed by atoms with Gasteiger partial charge in [-0.05, 0) is 61.7 Å². The number of pyridine rings is 2. The Morgan fingerprint density at radius 3 is 2.65 bits per heavy atom. The number of hydrogen-bond donors (Lipinski definition) is 1. The van der Waals surface area contributed by atoms with Crippen molar-refractivity contribution in [3.8, 4) is 11.1 Å². The average molecular weight is 461 g/mol. The van der Waals surface area contributed by atoms with Gasteiger partial charge in [0.25, 0.3) is 0 Å². The van der Waals surface area contributed by atoms with E-state index in [0.717, 1.165) is 53.7 Å². The molecule has 9 heteroatoms. The number of anilines is 2. The molecule has 4 aromatic rings. The lowest BCUT2D eigenvalue weighted by Crippen LogP contribution is -2.30. The smallest absolute Gasteiger partial charge is 0.154 e. The molecule has 1 saturated heterocycles. The number of nitrogens with zero attached hydrogens (tertiary/aromatic N) is 7. The van der Waals surface area contributed by atoms with E-state index in [4.69, 9.17) is 4.98 Å². The monoisotopic (exact) mass is 460 g/mol. The van der Waals surface area contributed by atoms with Crippen molar-refractivity contribution in [1.29, 1.82) is 0 Å². The fraction of sp³-hybridized carbons (Fsp3) is 0.400. The van der Waals surface area contributed by atoms with E-state index >= 15 is 0 Å². The van der Waals surface area contributed by atoms with Crippen LogP contribution >= 0.6 is 0 Å². The number of alkyl halides is 1. The zero-order chi connectivity index (χ0) is 23.5. The Hall–Kier alpha value is -3.46. The quantitative estimate of drug-likeness (QED) is 0.412. The first-order valence-corrected chi connectivity index (χ1v) is 11.8. The van der Waals surface area contributed by atoms with Gasteiger partial charge < -0.3 is 10.2 Å². The summed E-state index contributed by atoms with van der Waals surface area (Å²) in [7, 11) is 0. The van der Waals surface area contributed by atoms with Gasteiger partial charge in [-0.3, -0.25) is 9.67 Å². The van der Waals surface area contributed by atoms with Gasteiger partial charge in [-0.25, -0.2) is 9.37 Å². The predicted molar refractivity (Wildman–Crippen MR) is 131 cm³/mol. The van der Waals surface area contributed by atoms with E-state index in [2.05, 4.69) is 44.3 Å².